The fraction of sp³-hybridized carbons (Fsp3) is 0.545. The second-order valence-electron chi connectivity index (χ2n) is 2.13. The van der Waals surface area contributed by atoms with Gasteiger partial charge in [0.2, 0.25) is 0 Å². The van der Waals surface area contributed by atoms with E-state index in [4.69, 9.17) is 5.11 Å². The van der Waals surface area contributed by atoms with Crippen molar-refractivity contribution in [3.63, 3.8) is 0 Å². The van der Waals surface area contributed by atoms with E-state index in [1.807, 2.05) is 34.6 Å². The summed E-state index contributed by atoms with van der Waals surface area (Å²) in [5.74, 6) is -1.04. The number of aryl methyl sites for hydroxylation is 1. The van der Waals surface area contributed by atoms with E-state index in [-0.39, 0.29) is 5.71 Å². The van der Waals surface area contributed by atoms with Crippen LogP contribution < -0.4 is 0 Å². The maximum absolute atomic E-state index is 10.6. The third kappa shape index (κ3) is 5.60. The van der Waals surface area contributed by atoms with Gasteiger partial charge in [-0.15, -0.1) is 11.3 Å². The van der Waals surface area contributed by atoms with Crippen molar-refractivity contribution in [2.45, 2.75) is 34.6 Å². The number of carboxylic acid groups (broad SMARTS) is 1. The molecule has 0 saturated carbocycles. The summed E-state index contributed by atoms with van der Waals surface area (Å²) in [4.78, 5) is 18.2. The highest BCUT2D eigenvalue weighted by Gasteiger charge is 2.13. The van der Waals surface area contributed by atoms with Gasteiger partial charge < -0.3 is 5.11 Å². The first-order chi connectivity index (χ1) is 7.65. The Morgan fingerprint density at radius 1 is 1.38 bits per heavy atom. The second-order valence-corrected chi connectivity index (χ2v) is 3.19. The summed E-state index contributed by atoms with van der Waals surface area (Å²) in [6.07, 6.45) is 0. The second kappa shape index (κ2) is 10.3. The monoisotopic (exact) mass is 244 g/mol. The summed E-state index contributed by atoms with van der Waals surface area (Å²) in [6.45, 7) is 9.82. The molecule has 0 aliphatic rings. The van der Waals surface area contributed by atoms with Crippen LogP contribution in [-0.2, 0) is 4.79 Å². The van der Waals surface area contributed by atoms with Crippen LogP contribution in [0.5, 0.6) is 0 Å². The van der Waals surface area contributed by atoms with Gasteiger partial charge in [0.05, 0.1) is 5.01 Å². The van der Waals surface area contributed by atoms with Gasteiger partial charge in [-0.05, 0) is 6.92 Å². The molecule has 0 bridgehead atoms. The molecule has 0 saturated heterocycles. The zero-order valence-corrected chi connectivity index (χ0v) is 11.6. The quantitative estimate of drug-likeness (QED) is 0.813. The first kappa shape index (κ1) is 17.2. The third-order valence-electron chi connectivity index (χ3n) is 1.29. The van der Waals surface area contributed by atoms with E-state index in [2.05, 4.69) is 9.98 Å². The predicted molar refractivity (Wildman–Crippen MR) is 69.6 cm³/mol. The number of rotatable bonds is 2. The van der Waals surface area contributed by atoms with Gasteiger partial charge >= 0.3 is 5.97 Å². The minimum absolute atomic E-state index is 0.0133. The number of aliphatic imine (C=N–C) groups is 1. The number of carbonyl (C=O) groups is 1. The number of aromatic nitrogens is 1. The van der Waals surface area contributed by atoms with Crippen LogP contribution in [0.25, 0.3) is 0 Å². The van der Waals surface area contributed by atoms with Gasteiger partial charge in [-0.2, -0.15) is 0 Å². The Hall–Kier alpha value is -1.23. The average Bonchev–Trinajstić information content (AvgIpc) is 2.71. The van der Waals surface area contributed by atoms with E-state index in [9.17, 15) is 4.79 Å². The minimum atomic E-state index is -1.04. The van der Waals surface area contributed by atoms with Crippen molar-refractivity contribution in [2.75, 3.05) is 7.05 Å². The molecule has 0 radical (unpaired) electrons. The molecule has 92 valence electrons. The molecule has 0 aliphatic carbocycles. The largest absolute Gasteiger partial charge is 0.476 e. The standard InChI is InChI=1S/C7H8N2O2S.2C2H6/c1-4-9-5(3-12-4)6(8-2)7(10)11;2*1-2/h3H,1-2H3,(H,10,11);2*1-2H3. The Morgan fingerprint density at radius 3 is 2.12 bits per heavy atom. The van der Waals surface area contributed by atoms with Crippen LogP contribution in [-0.4, -0.2) is 28.8 Å². The van der Waals surface area contributed by atoms with Gasteiger partial charge in [0.15, 0.2) is 5.71 Å². The molecule has 0 amide bonds. The van der Waals surface area contributed by atoms with Crippen LogP contribution in [0, 0.1) is 6.92 Å². The third-order valence-corrected chi connectivity index (χ3v) is 2.06. The minimum Gasteiger partial charge on any atom is -0.476 e. The van der Waals surface area contributed by atoms with E-state index in [1.165, 1.54) is 18.4 Å². The van der Waals surface area contributed by atoms with Gasteiger partial charge in [0, 0.05) is 12.4 Å². The van der Waals surface area contributed by atoms with Gasteiger partial charge in [-0.1, -0.05) is 27.7 Å². The van der Waals surface area contributed by atoms with Crippen molar-refractivity contribution < 1.29 is 9.90 Å². The Morgan fingerprint density at radius 2 is 1.88 bits per heavy atom. The average molecular weight is 244 g/mol. The topological polar surface area (TPSA) is 62.5 Å². The highest BCUT2D eigenvalue weighted by molar-refractivity contribution is 7.09. The molecule has 4 nitrogen and oxygen atoms in total. The zero-order chi connectivity index (χ0) is 13.1. The molecule has 0 aromatic carbocycles. The molecule has 0 atom stereocenters. The maximum atomic E-state index is 10.6. The molecule has 16 heavy (non-hydrogen) atoms. The molecule has 1 N–H and O–H groups in total. The molecule has 0 aliphatic heterocycles. The van der Waals surface area contributed by atoms with Crippen molar-refractivity contribution in [3.8, 4) is 0 Å². The molecule has 0 fully saturated rings. The molecule has 1 aromatic heterocycles. The number of hydrogen-bond acceptors (Lipinski definition) is 4. The lowest BCUT2D eigenvalue weighted by molar-refractivity contribution is -0.129. The maximum Gasteiger partial charge on any atom is 0.356 e. The van der Waals surface area contributed by atoms with Crippen LogP contribution in [0.3, 0.4) is 0 Å². The zero-order valence-electron chi connectivity index (χ0n) is 10.7. The summed E-state index contributed by atoms with van der Waals surface area (Å²) in [5, 5.41) is 11.2. The Balaban J connectivity index is 0. The van der Waals surface area contributed by atoms with E-state index in [1.54, 1.807) is 5.38 Å². The fourth-order valence-corrected chi connectivity index (χ4v) is 1.39. The lowest BCUT2D eigenvalue weighted by Crippen LogP contribution is -2.14. The van der Waals surface area contributed by atoms with Crippen molar-refractivity contribution in [3.05, 3.63) is 16.1 Å². The van der Waals surface area contributed by atoms with Gasteiger partial charge in [0.25, 0.3) is 0 Å². The van der Waals surface area contributed by atoms with E-state index >= 15 is 0 Å². The fourth-order valence-electron chi connectivity index (χ4n) is 0.792. The number of carboxylic acids is 1. The van der Waals surface area contributed by atoms with Crippen molar-refractivity contribution >= 4 is 23.0 Å². The first-order valence-electron chi connectivity index (χ1n) is 5.27. The van der Waals surface area contributed by atoms with Crippen LogP contribution in [0.1, 0.15) is 38.4 Å². The molecule has 1 aromatic rings. The van der Waals surface area contributed by atoms with E-state index in [0.717, 1.165) is 5.01 Å². The summed E-state index contributed by atoms with van der Waals surface area (Å²) in [5.41, 5.74) is 0.451. The lowest BCUT2D eigenvalue weighted by Gasteiger charge is -1.92. The smallest absolute Gasteiger partial charge is 0.356 e. The molecule has 5 heteroatoms. The molecule has 0 unspecified atom stereocenters. The van der Waals surface area contributed by atoms with Crippen LogP contribution in [0.15, 0.2) is 10.4 Å². The molecule has 1 heterocycles. The van der Waals surface area contributed by atoms with Crippen molar-refractivity contribution in [1.29, 1.82) is 0 Å². The van der Waals surface area contributed by atoms with Crippen LogP contribution >= 0.6 is 11.3 Å². The molecule has 0 spiro atoms. The number of hydrogen-bond donors (Lipinski definition) is 1. The lowest BCUT2D eigenvalue weighted by atomic mass is 10.3. The highest BCUT2D eigenvalue weighted by Crippen LogP contribution is 2.08. The normalized spacial score (nSPS) is 9.50. The van der Waals surface area contributed by atoms with Gasteiger partial charge in [-0.3, -0.25) is 4.99 Å². The number of thiazole rings is 1. The summed E-state index contributed by atoms with van der Waals surface area (Å²) in [7, 11) is 1.44. The Bertz CT molecular complexity index is 332. The summed E-state index contributed by atoms with van der Waals surface area (Å²) >= 11 is 1.41. The molecule has 1 rings (SSSR count). The van der Waals surface area contributed by atoms with Crippen LogP contribution in [0.4, 0.5) is 0 Å². The molecular formula is C11H20N2O2S. The summed E-state index contributed by atoms with van der Waals surface area (Å²) < 4.78 is 0. The Kier molecular flexibility index (Phi) is 11.0. The highest BCUT2D eigenvalue weighted by atomic mass is 32.1. The Labute approximate surface area is 101 Å². The first-order valence-corrected chi connectivity index (χ1v) is 6.15. The molecular weight excluding hydrogens is 224 g/mol. The summed E-state index contributed by atoms with van der Waals surface area (Å²) in [6, 6.07) is 0. The predicted octanol–water partition coefficient (Wildman–Crippen LogP) is 3.01. The van der Waals surface area contributed by atoms with Crippen LogP contribution in [0.2, 0.25) is 0 Å². The number of nitrogens with zero attached hydrogens (tertiary/aromatic N) is 2. The van der Waals surface area contributed by atoms with Crippen molar-refractivity contribution in [1.82, 2.24) is 4.98 Å². The number of aliphatic carboxylic acids is 1. The van der Waals surface area contributed by atoms with E-state index in [0.29, 0.717) is 5.69 Å². The van der Waals surface area contributed by atoms with Crippen molar-refractivity contribution in [2.24, 2.45) is 4.99 Å². The van der Waals surface area contributed by atoms with Gasteiger partial charge in [0.1, 0.15) is 5.69 Å². The van der Waals surface area contributed by atoms with E-state index < -0.39 is 5.97 Å². The SMILES string of the molecule is CC.CC.CN=C(C(=O)O)c1csc(C)n1. The van der Waals surface area contributed by atoms with Gasteiger partial charge in [-0.25, -0.2) is 9.78 Å².